The number of nitrogens with two attached hydrogens (primary N) is 1. The molecule has 0 aliphatic carbocycles. The van der Waals surface area contributed by atoms with Crippen molar-refractivity contribution in [1.29, 1.82) is 0 Å². The third-order valence-electron chi connectivity index (χ3n) is 3.56. The van der Waals surface area contributed by atoms with Gasteiger partial charge in [-0.05, 0) is 48.3 Å². The number of rotatable bonds is 8. The summed E-state index contributed by atoms with van der Waals surface area (Å²) < 4.78 is 5.62. The van der Waals surface area contributed by atoms with Crippen molar-refractivity contribution in [3.05, 3.63) is 29.8 Å². The summed E-state index contributed by atoms with van der Waals surface area (Å²) in [6.07, 6.45) is 3.27. The molecule has 1 aromatic carbocycles. The molecule has 2 atom stereocenters. The Balaban J connectivity index is 2.63. The SMILES string of the molecule is CCCOc1ccc(C(CC(C)CC(C)(C)C)NN)cc1. The normalized spacial score (nSPS) is 14.8. The molecule has 0 heterocycles. The van der Waals surface area contributed by atoms with Crippen LogP contribution in [0.2, 0.25) is 0 Å². The van der Waals surface area contributed by atoms with E-state index in [1.54, 1.807) is 0 Å². The van der Waals surface area contributed by atoms with Gasteiger partial charge in [-0.3, -0.25) is 11.3 Å². The second-order valence-electron chi connectivity index (χ2n) is 7.24. The summed E-state index contributed by atoms with van der Waals surface area (Å²) in [6.45, 7) is 12.0. The Morgan fingerprint density at radius 2 is 1.81 bits per heavy atom. The average Bonchev–Trinajstić information content (AvgIpc) is 2.41. The van der Waals surface area contributed by atoms with Gasteiger partial charge in [0.05, 0.1) is 6.61 Å². The fourth-order valence-electron chi connectivity index (χ4n) is 2.85. The Morgan fingerprint density at radius 3 is 2.29 bits per heavy atom. The van der Waals surface area contributed by atoms with E-state index in [0.29, 0.717) is 11.3 Å². The van der Waals surface area contributed by atoms with Crippen LogP contribution in [0, 0.1) is 11.3 Å². The largest absolute Gasteiger partial charge is 0.494 e. The number of benzene rings is 1. The number of hydrogen-bond donors (Lipinski definition) is 2. The lowest BCUT2D eigenvalue weighted by atomic mass is 9.82. The van der Waals surface area contributed by atoms with Crippen molar-refractivity contribution < 1.29 is 4.74 Å². The molecule has 0 aromatic heterocycles. The van der Waals surface area contributed by atoms with Crippen LogP contribution < -0.4 is 16.0 Å². The van der Waals surface area contributed by atoms with Crippen molar-refractivity contribution in [2.75, 3.05) is 6.61 Å². The summed E-state index contributed by atoms with van der Waals surface area (Å²) in [5.74, 6) is 7.31. The first-order chi connectivity index (χ1) is 9.85. The molecule has 3 nitrogen and oxygen atoms in total. The van der Waals surface area contributed by atoms with Crippen molar-refractivity contribution in [2.45, 2.75) is 59.9 Å². The predicted octanol–water partition coefficient (Wildman–Crippen LogP) is 4.44. The molecule has 2 unspecified atom stereocenters. The van der Waals surface area contributed by atoms with Gasteiger partial charge >= 0.3 is 0 Å². The molecule has 0 radical (unpaired) electrons. The molecule has 0 aliphatic rings. The molecule has 0 aliphatic heterocycles. The van der Waals surface area contributed by atoms with E-state index in [-0.39, 0.29) is 6.04 Å². The van der Waals surface area contributed by atoms with Crippen LogP contribution in [0.25, 0.3) is 0 Å². The highest BCUT2D eigenvalue weighted by Crippen LogP contribution is 2.30. The smallest absolute Gasteiger partial charge is 0.119 e. The van der Waals surface area contributed by atoms with Gasteiger partial charge in [0.1, 0.15) is 5.75 Å². The lowest BCUT2D eigenvalue weighted by Gasteiger charge is -2.26. The highest BCUT2D eigenvalue weighted by molar-refractivity contribution is 5.29. The number of ether oxygens (including phenoxy) is 1. The van der Waals surface area contributed by atoms with Crippen LogP contribution in [0.1, 0.15) is 65.5 Å². The van der Waals surface area contributed by atoms with E-state index in [4.69, 9.17) is 10.6 Å². The molecule has 0 saturated carbocycles. The minimum atomic E-state index is 0.197. The maximum absolute atomic E-state index is 5.75. The Morgan fingerprint density at radius 1 is 1.19 bits per heavy atom. The molecule has 0 fully saturated rings. The van der Waals surface area contributed by atoms with E-state index in [9.17, 15) is 0 Å². The summed E-state index contributed by atoms with van der Waals surface area (Å²) in [5, 5.41) is 0. The second kappa shape index (κ2) is 8.40. The number of hydrogen-bond acceptors (Lipinski definition) is 3. The third-order valence-corrected chi connectivity index (χ3v) is 3.56. The fourth-order valence-corrected chi connectivity index (χ4v) is 2.85. The highest BCUT2D eigenvalue weighted by atomic mass is 16.5. The number of hydrazine groups is 1. The predicted molar refractivity (Wildman–Crippen MR) is 90.1 cm³/mol. The lowest BCUT2D eigenvalue weighted by Crippen LogP contribution is -2.30. The zero-order valence-electron chi connectivity index (χ0n) is 14.3. The molecule has 3 N–H and O–H groups in total. The van der Waals surface area contributed by atoms with Crippen molar-refractivity contribution in [2.24, 2.45) is 17.2 Å². The van der Waals surface area contributed by atoms with Crippen LogP contribution in [0.15, 0.2) is 24.3 Å². The summed E-state index contributed by atoms with van der Waals surface area (Å²) in [4.78, 5) is 0. The molecule has 1 aromatic rings. The monoisotopic (exact) mass is 292 g/mol. The first-order valence-corrected chi connectivity index (χ1v) is 8.04. The van der Waals surface area contributed by atoms with Crippen LogP contribution in [0.4, 0.5) is 0 Å². The molecule has 120 valence electrons. The van der Waals surface area contributed by atoms with Gasteiger partial charge in [-0.2, -0.15) is 0 Å². The minimum absolute atomic E-state index is 0.197. The molecule has 21 heavy (non-hydrogen) atoms. The molecule has 0 amide bonds. The van der Waals surface area contributed by atoms with Crippen LogP contribution in [-0.4, -0.2) is 6.61 Å². The van der Waals surface area contributed by atoms with Gasteiger partial charge in [-0.1, -0.05) is 46.8 Å². The standard InChI is InChI=1S/C18H32N2O/c1-6-11-21-16-9-7-15(8-10-16)17(20-19)12-14(2)13-18(3,4)5/h7-10,14,17,20H,6,11-13,19H2,1-5H3. The third kappa shape index (κ3) is 6.96. The van der Waals surface area contributed by atoms with E-state index in [2.05, 4.69) is 52.2 Å². The average molecular weight is 292 g/mol. The molecule has 0 saturated heterocycles. The maximum Gasteiger partial charge on any atom is 0.119 e. The summed E-state index contributed by atoms with van der Waals surface area (Å²) in [7, 11) is 0. The van der Waals surface area contributed by atoms with Crippen LogP contribution in [0.5, 0.6) is 5.75 Å². The van der Waals surface area contributed by atoms with Crippen molar-refractivity contribution in [3.63, 3.8) is 0 Å². The van der Waals surface area contributed by atoms with Gasteiger partial charge < -0.3 is 4.74 Å². The molecule has 0 spiro atoms. The molecular formula is C18H32N2O. The van der Waals surface area contributed by atoms with Gasteiger partial charge in [0.25, 0.3) is 0 Å². The molecule has 0 bridgehead atoms. The van der Waals surface area contributed by atoms with Crippen molar-refractivity contribution in [3.8, 4) is 5.75 Å². The van der Waals surface area contributed by atoms with Crippen LogP contribution >= 0.6 is 0 Å². The van der Waals surface area contributed by atoms with Gasteiger partial charge in [0, 0.05) is 6.04 Å². The Kier molecular flexibility index (Phi) is 7.20. The summed E-state index contributed by atoms with van der Waals surface area (Å²) in [5.41, 5.74) is 4.54. The Bertz CT molecular complexity index is 395. The van der Waals surface area contributed by atoms with Crippen molar-refractivity contribution >= 4 is 0 Å². The zero-order chi connectivity index (χ0) is 15.9. The quantitative estimate of drug-likeness (QED) is 0.550. The topological polar surface area (TPSA) is 47.3 Å². The van der Waals surface area contributed by atoms with Gasteiger partial charge in [0.15, 0.2) is 0 Å². The van der Waals surface area contributed by atoms with E-state index in [1.807, 2.05) is 12.1 Å². The Hall–Kier alpha value is -1.06. The second-order valence-corrected chi connectivity index (χ2v) is 7.24. The van der Waals surface area contributed by atoms with Crippen molar-refractivity contribution in [1.82, 2.24) is 5.43 Å². The van der Waals surface area contributed by atoms with E-state index >= 15 is 0 Å². The molecular weight excluding hydrogens is 260 g/mol. The molecule has 3 heteroatoms. The molecule has 1 rings (SSSR count). The van der Waals surface area contributed by atoms with E-state index in [0.717, 1.165) is 25.2 Å². The van der Waals surface area contributed by atoms with E-state index < -0.39 is 0 Å². The maximum atomic E-state index is 5.75. The fraction of sp³-hybridized carbons (Fsp3) is 0.667. The summed E-state index contributed by atoms with van der Waals surface area (Å²) >= 11 is 0. The first-order valence-electron chi connectivity index (χ1n) is 8.04. The van der Waals surface area contributed by atoms with E-state index in [1.165, 1.54) is 12.0 Å². The lowest BCUT2D eigenvalue weighted by molar-refractivity contribution is 0.276. The number of nitrogens with one attached hydrogen (secondary N) is 1. The van der Waals surface area contributed by atoms with Gasteiger partial charge in [0.2, 0.25) is 0 Å². The van der Waals surface area contributed by atoms with Gasteiger partial charge in [-0.15, -0.1) is 0 Å². The first kappa shape index (κ1) is 18.0. The highest BCUT2D eigenvalue weighted by Gasteiger charge is 2.19. The summed E-state index contributed by atoms with van der Waals surface area (Å²) in [6, 6.07) is 8.48. The zero-order valence-corrected chi connectivity index (χ0v) is 14.3. The van der Waals surface area contributed by atoms with Crippen LogP contribution in [-0.2, 0) is 0 Å². The van der Waals surface area contributed by atoms with Gasteiger partial charge in [-0.25, -0.2) is 0 Å². The minimum Gasteiger partial charge on any atom is -0.494 e. The van der Waals surface area contributed by atoms with Crippen LogP contribution in [0.3, 0.4) is 0 Å². The Labute approximate surface area is 130 Å².